The van der Waals surface area contributed by atoms with E-state index in [9.17, 15) is 4.79 Å². The molecule has 2 aromatic rings. The third-order valence-corrected chi connectivity index (χ3v) is 8.40. The molecular weight excluding hydrogens is 666 g/mol. The molecule has 0 radical (unpaired) electrons. The molecule has 3 N–H and O–H groups in total. The lowest BCUT2D eigenvalue weighted by Gasteiger charge is -2.39. The minimum Gasteiger partial charge on any atom is -0.457 e. The van der Waals surface area contributed by atoms with E-state index in [4.69, 9.17) is 10.1 Å². The summed E-state index contributed by atoms with van der Waals surface area (Å²) >= 11 is 1.66. The Morgan fingerprint density at radius 1 is 1.17 bits per heavy atom. The fourth-order valence-electron chi connectivity index (χ4n) is 4.25. The number of hydrogen-bond donors (Lipinski definition) is 2. The predicted molar refractivity (Wildman–Crippen MR) is 160 cm³/mol. The van der Waals surface area contributed by atoms with Gasteiger partial charge in [-0.1, -0.05) is 59.5 Å². The van der Waals surface area contributed by atoms with E-state index in [-0.39, 0.29) is 5.91 Å². The minimum atomic E-state index is -0.419. The van der Waals surface area contributed by atoms with Gasteiger partial charge in [-0.05, 0) is 52.3 Å². The number of ether oxygens (including phenoxy) is 1. The molecular formula is C27H29I2N4O2+. The highest BCUT2D eigenvalue weighted by Crippen LogP contribution is 2.32. The predicted octanol–water partition coefficient (Wildman–Crippen LogP) is 4.07. The first-order chi connectivity index (χ1) is 17.0. The molecule has 2 aliphatic heterocycles. The van der Waals surface area contributed by atoms with Gasteiger partial charge in [0.2, 0.25) is 9.63 Å². The van der Waals surface area contributed by atoms with Crippen molar-refractivity contribution in [2.75, 3.05) is 20.1 Å². The molecule has 1 saturated heterocycles. The maximum absolute atomic E-state index is 12.2. The van der Waals surface area contributed by atoms with Crippen LogP contribution in [0.2, 0.25) is 0 Å². The van der Waals surface area contributed by atoms with Crippen molar-refractivity contribution in [3.8, 4) is 11.5 Å². The minimum absolute atomic E-state index is 0.0833. The molecule has 0 atom stereocenters. The largest absolute Gasteiger partial charge is 0.457 e. The van der Waals surface area contributed by atoms with Gasteiger partial charge in [0.25, 0.3) is 0 Å². The summed E-state index contributed by atoms with van der Waals surface area (Å²) in [5.41, 5.74) is 2.90. The summed E-state index contributed by atoms with van der Waals surface area (Å²) in [7, 11) is 2.10. The van der Waals surface area contributed by atoms with Crippen molar-refractivity contribution in [1.29, 1.82) is 0 Å². The highest BCUT2D eigenvalue weighted by Gasteiger charge is 2.30. The van der Waals surface area contributed by atoms with Crippen LogP contribution in [0.3, 0.4) is 0 Å². The van der Waals surface area contributed by atoms with Crippen molar-refractivity contribution in [2.45, 2.75) is 18.9 Å². The zero-order chi connectivity index (χ0) is 24.8. The second kappa shape index (κ2) is 12.0. The average molecular weight is 695 g/mol. The van der Waals surface area contributed by atoms with Crippen molar-refractivity contribution < 1.29 is 14.9 Å². The molecule has 0 aliphatic carbocycles. The third-order valence-electron chi connectivity index (χ3n) is 6.20. The van der Waals surface area contributed by atoms with E-state index in [2.05, 4.69) is 50.6 Å². The van der Waals surface area contributed by atoms with E-state index < -0.39 is 20.7 Å². The molecule has 4 rings (SSSR count). The molecule has 0 saturated carbocycles. The van der Waals surface area contributed by atoms with E-state index in [1.54, 1.807) is 10.2 Å². The van der Waals surface area contributed by atoms with Crippen LogP contribution in [-0.2, 0) is 4.79 Å². The van der Waals surface area contributed by atoms with Crippen LogP contribution in [0, 0.1) is 0 Å². The summed E-state index contributed by atoms with van der Waals surface area (Å²) in [6.45, 7) is 5.92. The second-order valence-electron chi connectivity index (χ2n) is 8.31. The van der Waals surface area contributed by atoms with Crippen LogP contribution < -0.4 is 15.5 Å². The number of rotatable bonds is 7. The number of nitrogens with zero attached hydrogens (tertiary/aromatic N) is 2. The van der Waals surface area contributed by atoms with Crippen LogP contribution in [0.1, 0.15) is 18.4 Å². The smallest absolute Gasteiger partial charge is 0.247 e. The Bertz CT molecular complexity index is 1180. The molecule has 2 aromatic carbocycles. The highest BCUT2D eigenvalue weighted by atomic mass is 127. The molecule has 6 nitrogen and oxygen atoms in total. The van der Waals surface area contributed by atoms with Gasteiger partial charge in [-0.2, -0.15) is 0 Å². The first-order valence-corrected chi connectivity index (χ1v) is 14.9. The molecule has 2 heterocycles. The van der Waals surface area contributed by atoms with Gasteiger partial charge in [-0.3, -0.25) is 4.79 Å². The number of allylic oxidation sites excluding steroid dienone is 2. The number of benzene rings is 2. The molecule has 1 amide bonds. The molecule has 0 spiro atoms. The van der Waals surface area contributed by atoms with Gasteiger partial charge in [0.15, 0.2) is 0 Å². The number of para-hydroxylation sites is 1. The van der Waals surface area contributed by atoms with Crippen LogP contribution in [0.5, 0.6) is 11.5 Å². The average Bonchev–Trinajstić information content (AvgIpc) is 2.89. The van der Waals surface area contributed by atoms with Crippen LogP contribution in [0.25, 0.3) is 5.57 Å². The number of carbonyl (C=O) groups excluding carboxylic acids is 1. The highest BCUT2D eigenvalue weighted by molar-refractivity contribution is 14.2. The summed E-state index contributed by atoms with van der Waals surface area (Å²) in [5.74, 6) is 2.65. The summed E-state index contributed by atoms with van der Waals surface area (Å²) in [4.78, 5) is 16.4. The maximum Gasteiger partial charge on any atom is 0.247 e. The van der Waals surface area contributed by atoms with Gasteiger partial charge in [-0.25, -0.2) is 5.41 Å². The van der Waals surface area contributed by atoms with Crippen molar-refractivity contribution in [2.24, 2.45) is 0 Å². The van der Waals surface area contributed by atoms with Gasteiger partial charge in [-0.15, -0.1) is 0 Å². The van der Waals surface area contributed by atoms with Crippen molar-refractivity contribution >= 4 is 62.7 Å². The third kappa shape index (κ3) is 6.21. The van der Waals surface area contributed by atoms with Gasteiger partial charge >= 0.3 is 0 Å². The number of likely N-dealkylation sites (tertiary alicyclic amines) is 1. The topological polar surface area (TPSA) is 70.4 Å². The van der Waals surface area contributed by atoms with Gasteiger partial charge in [0.05, 0.1) is 5.57 Å². The number of hydrogen-bond acceptors (Lipinski definition) is 4. The summed E-state index contributed by atoms with van der Waals surface area (Å²) in [5, 5.41) is 10.1. The Hall–Kier alpha value is -2.47. The van der Waals surface area contributed by atoms with Gasteiger partial charge < -0.3 is 19.9 Å². The van der Waals surface area contributed by atoms with E-state index in [0.717, 1.165) is 63.7 Å². The number of nitrogens with two attached hydrogens (primary N) is 1. The van der Waals surface area contributed by atoms with Gasteiger partial charge in [0, 0.05) is 57.1 Å². The van der Waals surface area contributed by atoms with Crippen LogP contribution >= 0.6 is 43.3 Å². The molecule has 182 valence electrons. The summed E-state index contributed by atoms with van der Waals surface area (Å²) in [6, 6.07) is 18.0. The molecule has 0 bridgehead atoms. The lowest BCUT2D eigenvalue weighted by atomic mass is 9.98. The second-order valence-corrected chi connectivity index (χ2v) is 11.4. The monoisotopic (exact) mass is 695 g/mol. The molecule has 0 aromatic heterocycles. The van der Waals surface area contributed by atoms with E-state index in [1.807, 2.05) is 59.5 Å². The number of halogens is 2. The lowest BCUT2D eigenvalue weighted by Crippen LogP contribution is -2.49. The van der Waals surface area contributed by atoms with Crippen molar-refractivity contribution in [3.63, 3.8) is 0 Å². The maximum atomic E-state index is 12.2. The van der Waals surface area contributed by atoms with Crippen LogP contribution in [0.4, 0.5) is 0 Å². The Kier molecular flexibility index (Phi) is 8.77. The molecule has 2 aliphatic rings. The Morgan fingerprint density at radius 2 is 1.83 bits per heavy atom. The van der Waals surface area contributed by atoms with Gasteiger partial charge in [0.1, 0.15) is 17.3 Å². The number of nitrogens with one attached hydrogen (secondary N) is 1. The van der Waals surface area contributed by atoms with Crippen LogP contribution in [0.15, 0.2) is 82.7 Å². The molecule has 8 heteroatoms. The molecule has 35 heavy (non-hydrogen) atoms. The Labute approximate surface area is 230 Å². The van der Waals surface area contributed by atoms with E-state index in [1.165, 1.54) is 0 Å². The van der Waals surface area contributed by atoms with Crippen LogP contribution in [-0.4, -0.2) is 49.7 Å². The normalized spacial score (nSPS) is 16.6. The number of carbonyl (C=O) groups is 1. The zero-order valence-electron chi connectivity index (χ0n) is 19.6. The number of amides is 1. The fraction of sp³-hybridized carbons (Fsp3) is 0.222. The summed E-state index contributed by atoms with van der Waals surface area (Å²) < 4.78 is 10.7. The lowest BCUT2D eigenvalue weighted by molar-refractivity contribution is -0.127. The fourth-order valence-corrected chi connectivity index (χ4v) is 6.24. The standard InChI is InChI=1S/C27H28I2N4O2/c1-19(20-8-10-23(11-9-20)35-22-6-4-3-5-7-22)25-26(30)29-18-31-27(25)32(2)21-13-16-33(17-14-21)24(34)12-15-28/h3-12,15,18,21,30-31H,1,13-14,16-17H2,2H3/p+1. The van der Waals surface area contributed by atoms with E-state index >= 15 is 0 Å². The summed E-state index contributed by atoms with van der Waals surface area (Å²) in [6.07, 6.45) is 3.44. The Balaban J connectivity index is 1.50. The zero-order valence-corrected chi connectivity index (χ0v) is 23.9. The number of piperidine rings is 1. The first-order valence-electron chi connectivity index (χ1n) is 11.4. The SMILES string of the molecule is C=C(C1=C(N(C)C2CCN(C(=O)C=CI)CC2)NC=IC1=[NH2+])c1ccc(Oc2ccccc2)cc1. The molecule has 0 unspecified atom stereocenters. The molecule has 1 fully saturated rings. The quantitative estimate of drug-likeness (QED) is 0.339. The van der Waals surface area contributed by atoms with E-state index in [0.29, 0.717) is 6.04 Å². The first kappa shape index (κ1) is 25.6. The van der Waals surface area contributed by atoms with Crippen molar-refractivity contribution in [1.82, 2.24) is 15.1 Å². The Morgan fingerprint density at radius 3 is 2.49 bits per heavy atom. The van der Waals surface area contributed by atoms with Crippen molar-refractivity contribution in [3.05, 3.63) is 88.3 Å².